The number of methoxy groups -OCH3 is 3. The van der Waals surface area contributed by atoms with Gasteiger partial charge in [0, 0.05) is 17.7 Å². The van der Waals surface area contributed by atoms with Crippen LogP contribution in [0.25, 0.3) is 11.0 Å². The Morgan fingerprint density at radius 3 is 2.52 bits per heavy atom. The summed E-state index contributed by atoms with van der Waals surface area (Å²) in [4.78, 5) is 0. The second-order valence-electron chi connectivity index (χ2n) is 5.26. The van der Waals surface area contributed by atoms with Gasteiger partial charge in [-0.2, -0.15) is 0 Å². The molecule has 1 aromatic heterocycles. The molecular formula is C16H21NO4. The van der Waals surface area contributed by atoms with E-state index in [-0.39, 0.29) is 0 Å². The van der Waals surface area contributed by atoms with E-state index in [4.69, 9.17) is 18.6 Å². The maximum atomic E-state index is 5.66. The summed E-state index contributed by atoms with van der Waals surface area (Å²) in [5.74, 6) is 1.88. The topological polar surface area (TPSA) is 52.9 Å². The third-order valence-electron chi connectivity index (χ3n) is 3.85. The number of benzene rings is 1. The van der Waals surface area contributed by atoms with E-state index >= 15 is 0 Å². The molecular weight excluding hydrogens is 270 g/mol. The zero-order chi connectivity index (χ0) is 14.8. The van der Waals surface area contributed by atoms with Gasteiger partial charge in [-0.25, -0.2) is 0 Å². The number of rotatable bonds is 7. The van der Waals surface area contributed by atoms with Crippen LogP contribution in [0.2, 0.25) is 0 Å². The fourth-order valence-electron chi connectivity index (χ4n) is 2.61. The Bertz CT molecular complexity index is 631. The molecule has 0 atom stereocenters. The zero-order valence-corrected chi connectivity index (χ0v) is 12.7. The summed E-state index contributed by atoms with van der Waals surface area (Å²) in [5, 5.41) is 4.48. The first kappa shape index (κ1) is 14.1. The summed E-state index contributed by atoms with van der Waals surface area (Å²) >= 11 is 0. The molecule has 0 saturated heterocycles. The lowest BCUT2D eigenvalue weighted by atomic mass is 10.1. The number of nitrogens with one attached hydrogen (secondary N) is 1. The van der Waals surface area contributed by atoms with Crippen LogP contribution >= 0.6 is 0 Å². The molecule has 1 aliphatic rings. The smallest absolute Gasteiger partial charge is 0.204 e. The summed E-state index contributed by atoms with van der Waals surface area (Å²) in [6.45, 7) is 0.941. The minimum absolute atomic E-state index is 0.602. The van der Waals surface area contributed by atoms with Crippen molar-refractivity contribution in [3.63, 3.8) is 0 Å². The molecule has 0 spiro atoms. The molecule has 1 N–H and O–H groups in total. The molecule has 114 valence electrons. The highest BCUT2D eigenvalue weighted by atomic mass is 16.5. The molecule has 0 amide bonds. The van der Waals surface area contributed by atoms with Crippen LogP contribution in [0.3, 0.4) is 0 Å². The minimum atomic E-state index is 0.602. The molecule has 1 aromatic carbocycles. The molecule has 1 saturated carbocycles. The van der Waals surface area contributed by atoms with Crippen molar-refractivity contribution in [3.05, 3.63) is 17.9 Å². The molecule has 5 nitrogen and oxygen atoms in total. The fraction of sp³-hybridized carbons (Fsp3) is 0.500. The van der Waals surface area contributed by atoms with Gasteiger partial charge in [-0.3, -0.25) is 0 Å². The van der Waals surface area contributed by atoms with E-state index in [1.807, 2.05) is 6.07 Å². The first-order valence-corrected chi connectivity index (χ1v) is 7.21. The van der Waals surface area contributed by atoms with Crippen LogP contribution in [0.15, 0.2) is 16.7 Å². The number of fused-ring (bicyclic) bond motifs is 1. The average molecular weight is 291 g/mol. The number of ether oxygens (including phenoxy) is 3. The van der Waals surface area contributed by atoms with E-state index < -0.39 is 0 Å². The monoisotopic (exact) mass is 291 g/mol. The Morgan fingerprint density at radius 1 is 1.14 bits per heavy atom. The van der Waals surface area contributed by atoms with Gasteiger partial charge in [-0.1, -0.05) is 0 Å². The quantitative estimate of drug-likeness (QED) is 0.850. The van der Waals surface area contributed by atoms with Crippen molar-refractivity contribution >= 4 is 11.0 Å². The van der Waals surface area contributed by atoms with Crippen LogP contribution < -0.4 is 19.5 Å². The molecule has 1 heterocycles. The maximum absolute atomic E-state index is 5.66. The maximum Gasteiger partial charge on any atom is 0.204 e. The highest BCUT2D eigenvalue weighted by Gasteiger charge is 2.22. The van der Waals surface area contributed by atoms with Gasteiger partial charge in [0.1, 0.15) is 5.58 Å². The molecule has 1 aliphatic carbocycles. The fourth-order valence-corrected chi connectivity index (χ4v) is 2.61. The summed E-state index contributed by atoms with van der Waals surface area (Å²) in [5.41, 5.74) is 1.88. The Hall–Kier alpha value is -1.88. The van der Waals surface area contributed by atoms with Crippen molar-refractivity contribution < 1.29 is 18.6 Å². The SMILES string of the molecule is COc1cc2occ(CCNC3CC3)c2c(OC)c1OC. The van der Waals surface area contributed by atoms with Gasteiger partial charge in [0.25, 0.3) is 0 Å². The van der Waals surface area contributed by atoms with E-state index in [1.54, 1.807) is 27.6 Å². The first-order valence-electron chi connectivity index (χ1n) is 7.21. The predicted octanol–water partition coefficient (Wildman–Crippen LogP) is 2.75. The van der Waals surface area contributed by atoms with Crippen LogP contribution in [-0.2, 0) is 6.42 Å². The van der Waals surface area contributed by atoms with Crippen molar-refractivity contribution in [1.29, 1.82) is 0 Å². The van der Waals surface area contributed by atoms with E-state index in [1.165, 1.54) is 12.8 Å². The zero-order valence-electron chi connectivity index (χ0n) is 12.7. The highest BCUT2D eigenvalue weighted by Crippen LogP contribution is 2.45. The number of hydrogen-bond donors (Lipinski definition) is 1. The van der Waals surface area contributed by atoms with Crippen LogP contribution in [-0.4, -0.2) is 33.9 Å². The van der Waals surface area contributed by atoms with Crippen molar-refractivity contribution in [2.24, 2.45) is 0 Å². The average Bonchev–Trinajstić information content (AvgIpc) is 3.25. The molecule has 21 heavy (non-hydrogen) atoms. The van der Waals surface area contributed by atoms with Crippen LogP contribution in [0.1, 0.15) is 18.4 Å². The summed E-state index contributed by atoms with van der Waals surface area (Å²) in [7, 11) is 4.85. The standard InChI is InChI=1S/C16H21NO4/c1-18-13-8-12-14(16(20-3)15(13)19-2)10(9-21-12)6-7-17-11-4-5-11/h8-9,11,17H,4-7H2,1-3H3. The Kier molecular flexibility index (Phi) is 3.92. The normalized spacial score (nSPS) is 14.4. The summed E-state index contributed by atoms with van der Waals surface area (Å²) < 4.78 is 22.0. The molecule has 0 bridgehead atoms. The van der Waals surface area contributed by atoms with E-state index in [0.717, 1.165) is 29.5 Å². The molecule has 3 rings (SSSR count). The Balaban J connectivity index is 1.97. The van der Waals surface area contributed by atoms with Gasteiger partial charge in [-0.05, 0) is 25.8 Å². The second-order valence-corrected chi connectivity index (χ2v) is 5.26. The van der Waals surface area contributed by atoms with Crippen molar-refractivity contribution in [1.82, 2.24) is 5.32 Å². The number of furan rings is 1. The lowest BCUT2D eigenvalue weighted by Gasteiger charge is -2.13. The van der Waals surface area contributed by atoms with Crippen LogP contribution in [0.5, 0.6) is 17.2 Å². The predicted molar refractivity (Wildman–Crippen MR) is 80.6 cm³/mol. The minimum Gasteiger partial charge on any atom is -0.493 e. The molecule has 0 aliphatic heterocycles. The third kappa shape index (κ3) is 2.65. The lowest BCUT2D eigenvalue weighted by molar-refractivity contribution is 0.326. The molecule has 5 heteroatoms. The summed E-state index contributed by atoms with van der Waals surface area (Å²) in [6, 6.07) is 2.55. The van der Waals surface area contributed by atoms with Gasteiger partial charge < -0.3 is 23.9 Å². The van der Waals surface area contributed by atoms with Crippen molar-refractivity contribution in [2.45, 2.75) is 25.3 Å². The Labute approximate surface area is 124 Å². The van der Waals surface area contributed by atoms with E-state index in [0.29, 0.717) is 23.3 Å². The van der Waals surface area contributed by atoms with Gasteiger partial charge in [0.2, 0.25) is 5.75 Å². The Morgan fingerprint density at radius 2 is 1.90 bits per heavy atom. The van der Waals surface area contributed by atoms with Crippen LogP contribution in [0, 0.1) is 0 Å². The van der Waals surface area contributed by atoms with Gasteiger partial charge >= 0.3 is 0 Å². The van der Waals surface area contributed by atoms with Crippen molar-refractivity contribution in [3.8, 4) is 17.2 Å². The molecule has 2 aromatic rings. The third-order valence-corrected chi connectivity index (χ3v) is 3.85. The van der Waals surface area contributed by atoms with Gasteiger partial charge in [-0.15, -0.1) is 0 Å². The van der Waals surface area contributed by atoms with E-state index in [2.05, 4.69) is 5.32 Å². The van der Waals surface area contributed by atoms with Gasteiger partial charge in [0.05, 0.1) is 33.0 Å². The first-order chi connectivity index (χ1) is 10.3. The largest absolute Gasteiger partial charge is 0.493 e. The molecule has 0 radical (unpaired) electrons. The second kappa shape index (κ2) is 5.85. The van der Waals surface area contributed by atoms with E-state index in [9.17, 15) is 0 Å². The van der Waals surface area contributed by atoms with Crippen molar-refractivity contribution in [2.75, 3.05) is 27.9 Å². The summed E-state index contributed by atoms with van der Waals surface area (Å²) in [6.07, 6.45) is 5.27. The molecule has 0 unspecified atom stereocenters. The van der Waals surface area contributed by atoms with Gasteiger partial charge in [0.15, 0.2) is 11.5 Å². The lowest BCUT2D eigenvalue weighted by Crippen LogP contribution is -2.19. The number of hydrogen-bond acceptors (Lipinski definition) is 5. The van der Waals surface area contributed by atoms with Crippen LogP contribution in [0.4, 0.5) is 0 Å². The molecule has 1 fully saturated rings. The highest BCUT2D eigenvalue weighted by molar-refractivity contribution is 5.92.